The molecule has 3 aliphatic rings. The van der Waals surface area contributed by atoms with Gasteiger partial charge in [-0.1, -0.05) is 34.6 Å². The average Bonchev–Trinajstić information content (AvgIpc) is 3.51. The van der Waals surface area contributed by atoms with Gasteiger partial charge >= 0.3 is 24.1 Å². The first-order chi connectivity index (χ1) is 28.7. The van der Waals surface area contributed by atoms with Crippen LogP contribution in [0.1, 0.15) is 95.6 Å². The molecule has 354 valence electrons. The Morgan fingerprint density at radius 2 is 1.52 bits per heavy atom. The summed E-state index contributed by atoms with van der Waals surface area (Å²) in [4.78, 5) is 2.28. The summed E-state index contributed by atoms with van der Waals surface area (Å²) in [5.41, 5.74) is -3.90. The number of ether oxygens (including phenoxy) is 6. The highest BCUT2D eigenvalue weighted by Crippen LogP contribution is 2.62. The second-order valence-electron chi connectivity index (χ2n) is 17.2. The molecule has 2 saturated carbocycles. The van der Waals surface area contributed by atoms with Crippen molar-refractivity contribution in [1.29, 1.82) is 0 Å². The first kappa shape index (κ1) is 52.5. The lowest BCUT2D eigenvalue weighted by Gasteiger charge is -2.50. The number of hydrogen-bond donors (Lipinski definition) is 0. The normalized spacial score (nSPS) is 23.9. The van der Waals surface area contributed by atoms with Gasteiger partial charge in [0.1, 0.15) is 12.4 Å². The van der Waals surface area contributed by atoms with Crippen molar-refractivity contribution in [3.05, 3.63) is 29.3 Å². The SMILES string of the molecule is COCC(CCCOCCSSCCCN(C)CCOc1ccc2c(c1)CCC1C2CCC2(C)C(OCCCOC(C(F)(F)F)(C(F)(F)F)C(F)(F)F)CCC12)COC(C)C. The highest BCUT2D eigenvalue weighted by molar-refractivity contribution is 8.76. The molecule has 0 heterocycles. The van der Waals surface area contributed by atoms with E-state index in [1.165, 1.54) is 11.1 Å². The van der Waals surface area contributed by atoms with Gasteiger partial charge in [0.05, 0.1) is 38.6 Å². The van der Waals surface area contributed by atoms with Crippen LogP contribution in [-0.4, -0.2) is 126 Å². The number of likely N-dealkylation sites (N-methyl/N-ethyl adjacent to an activating group) is 1. The number of aryl methyl sites for hydroxylation is 1. The standard InChI is InChI=1S/C43H66F9NO6S2/c1-30(2)58-29-31(28-54-5)9-6-20-55-24-26-61-60-25-7-18-53(4)19-23-56-33-11-13-34-32(27-33)10-12-36-35(34)16-17-39(3)37(36)14-15-38(39)57-21-8-22-59-40(41(44,45)46,42(47,48)49)43(50,51)52/h11,13,27,30-31,35-38H,6-10,12,14-26,28-29H2,1-5H3. The van der Waals surface area contributed by atoms with Crippen LogP contribution >= 0.6 is 21.6 Å². The van der Waals surface area contributed by atoms with Crippen molar-refractivity contribution in [3.8, 4) is 5.75 Å². The molecule has 61 heavy (non-hydrogen) atoms. The van der Waals surface area contributed by atoms with Crippen molar-refractivity contribution >= 4 is 21.6 Å². The molecule has 18 heteroatoms. The third-order valence-corrected chi connectivity index (χ3v) is 15.1. The lowest BCUT2D eigenvalue weighted by molar-refractivity contribution is -0.457. The highest BCUT2D eigenvalue weighted by atomic mass is 33.1. The molecule has 1 aromatic rings. The zero-order valence-corrected chi connectivity index (χ0v) is 37.8. The number of methoxy groups -OCH3 is 1. The molecular weight excluding hydrogens is 862 g/mol. The van der Waals surface area contributed by atoms with Crippen molar-refractivity contribution in [2.75, 3.05) is 85.0 Å². The van der Waals surface area contributed by atoms with E-state index in [0.29, 0.717) is 43.3 Å². The molecule has 4 rings (SSSR count). The van der Waals surface area contributed by atoms with E-state index in [4.69, 9.17) is 23.7 Å². The Morgan fingerprint density at radius 3 is 2.21 bits per heavy atom. The van der Waals surface area contributed by atoms with E-state index in [-0.39, 0.29) is 24.2 Å². The molecule has 7 nitrogen and oxygen atoms in total. The number of hydrogen-bond acceptors (Lipinski definition) is 9. The highest BCUT2D eigenvalue weighted by Gasteiger charge is 2.85. The summed E-state index contributed by atoms with van der Waals surface area (Å²) in [6.45, 7) is 9.79. The minimum atomic E-state index is -6.74. The Kier molecular flexibility index (Phi) is 20.5. The summed E-state index contributed by atoms with van der Waals surface area (Å²) < 4.78 is 152. The van der Waals surface area contributed by atoms with Gasteiger partial charge in [-0.2, -0.15) is 39.5 Å². The van der Waals surface area contributed by atoms with Crippen molar-refractivity contribution in [2.24, 2.45) is 23.2 Å². The van der Waals surface area contributed by atoms with Crippen LogP contribution in [0.15, 0.2) is 18.2 Å². The van der Waals surface area contributed by atoms with Gasteiger partial charge in [-0.25, -0.2) is 0 Å². The van der Waals surface area contributed by atoms with Crippen LogP contribution in [0.4, 0.5) is 39.5 Å². The first-order valence-electron chi connectivity index (χ1n) is 21.6. The fourth-order valence-corrected chi connectivity index (χ4v) is 11.4. The molecule has 0 amide bonds. The monoisotopic (exact) mass is 927 g/mol. The zero-order valence-electron chi connectivity index (χ0n) is 36.2. The van der Waals surface area contributed by atoms with Gasteiger partial charge in [0.2, 0.25) is 0 Å². The number of benzene rings is 1. The lowest BCUT2D eigenvalue weighted by atomic mass is 9.55. The van der Waals surface area contributed by atoms with Gasteiger partial charge in [-0.3, -0.25) is 0 Å². The molecule has 0 bridgehead atoms. The molecule has 0 N–H and O–H groups in total. The van der Waals surface area contributed by atoms with Gasteiger partial charge < -0.3 is 33.3 Å². The Hall–Kier alpha value is -1.15. The van der Waals surface area contributed by atoms with E-state index >= 15 is 0 Å². The molecule has 0 spiro atoms. The summed E-state index contributed by atoms with van der Waals surface area (Å²) in [6.07, 6.45) is -12.6. The Morgan fingerprint density at radius 1 is 0.803 bits per heavy atom. The third kappa shape index (κ3) is 14.2. The molecule has 0 radical (unpaired) electrons. The van der Waals surface area contributed by atoms with Crippen LogP contribution in [0.2, 0.25) is 0 Å². The summed E-state index contributed by atoms with van der Waals surface area (Å²) in [7, 11) is 7.57. The summed E-state index contributed by atoms with van der Waals surface area (Å²) in [6, 6.07) is 6.38. The predicted octanol–water partition coefficient (Wildman–Crippen LogP) is 11.3. The molecule has 1 aromatic carbocycles. The molecule has 0 aliphatic heterocycles. The molecule has 3 aliphatic carbocycles. The zero-order chi connectivity index (χ0) is 44.9. The van der Waals surface area contributed by atoms with E-state index in [9.17, 15) is 39.5 Å². The Labute approximate surface area is 363 Å². The van der Waals surface area contributed by atoms with E-state index < -0.39 is 37.2 Å². The maximum absolute atomic E-state index is 13.2. The van der Waals surface area contributed by atoms with E-state index in [2.05, 4.69) is 35.7 Å². The van der Waals surface area contributed by atoms with Gasteiger partial charge in [0, 0.05) is 44.3 Å². The van der Waals surface area contributed by atoms with Crippen molar-refractivity contribution in [2.45, 2.75) is 127 Å². The quantitative estimate of drug-likeness (QED) is 0.0488. The summed E-state index contributed by atoms with van der Waals surface area (Å²) >= 11 is 0. The minimum Gasteiger partial charge on any atom is -0.492 e. The maximum Gasteiger partial charge on any atom is 0.435 e. The van der Waals surface area contributed by atoms with Crippen molar-refractivity contribution < 1.29 is 67.9 Å². The topological polar surface area (TPSA) is 58.6 Å². The third-order valence-electron chi connectivity index (χ3n) is 12.6. The molecule has 6 atom stereocenters. The van der Waals surface area contributed by atoms with Crippen LogP contribution in [0.3, 0.4) is 0 Å². The van der Waals surface area contributed by atoms with Crippen LogP contribution in [-0.2, 0) is 30.1 Å². The fourth-order valence-electron chi connectivity index (χ4n) is 9.50. The number of alkyl halides is 9. The second-order valence-corrected chi connectivity index (χ2v) is 19.9. The average molecular weight is 928 g/mol. The molecule has 0 saturated heterocycles. The van der Waals surface area contributed by atoms with E-state index in [1.54, 1.807) is 7.11 Å². The van der Waals surface area contributed by atoms with E-state index in [1.807, 2.05) is 41.5 Å². The number of halogens is 9. The van der Waals surface area contributed by atoms with Gasteiger partial charge in [0.15, 0.2) is 0 Å². The maximum atomic E-state index is 13.2. The summed E-state index contributed by atoms with van der Waals surface area (Å²) in [5.74, 6) is 4.34. The van der Waals surface area contributed by atoms with Gasteiger partial charge in [-0.15, -0.1) is 0 Å². The van der Waals surface area contributed by atoms with Crippen LogP contribution in [0, 0.1) is 23.2 Å². The van der Waals surface area contributed by atoms with Crippen molar-refractivity contribution in [1.82, 2.24) is 4.90 Å². The predicted molar refractivity (Wildman–Crippen MR) is 221 cm³/mol. The van der Waals surface area contributed by atoms with Crippen LogP contribution in [0.25, 0.3) is 0 Å². The first-order valence-corrected chi connectivity index (χ1v) is 24.1. The Balaban J connectivity index is 1.10. The second kappa shape index (κ2) is 23.9. The fraction of sp³-hybridized carbons (Fsp3) is 0.860. The van der Waals surface area contributed by atoms with Crippen LogP contribution in [0.5, 0.6) is 5.75 Å². The van der Waals surface area contributed by atoms with Gasteiger partial charge in [0.25, 0.3) is 0 Å². The molecule has 6 unspecified atom stereocenters. The van der Waals surface area contributed by atoms with E-state index in [0.717, 1.165) is 102 Å². The number of rotatable bonds is 27. The largest absolute Gasteiger partial charge is 0.492 e. The molecular formula is C43H66F9NO6S2. The smallest absolute Gasteiger partial charge is 0.435 e. The molecule has 0 aromatic heterocycles. The lowest BCUT2D eigenvalue weighted by Crippen LogP contribution is -2.67. The summed E-state index contributed by atoms with van der Waals surface area (Å²) in [5, 5.41) is 0. The number of fused-ring (bicyclic) bond motifs is 5. The molecule has 2 fully saturated rings. The van der Waals surface area contributed by atoms with Crippen LogP contribution < -0.4 is 4.74 Å². The number of nitrogens with zero attached hydrogens (tertiary/aromatic N) is 1. The Bertz CT molecular complexity index is 1400. The van der Waals surface area contributed by atoms with Gasteiger partial charge in [-0.05, 0) is 138 Å². The van der Waals surface area contributed by atoms with Crippen molar-refractivity contribution in [3.63, 3.8) is 0 Å². The minimum absolute atomic E-state index is 0.225.